The Balaban J connectivity index is 0.000000182. The molecule has 0 spiro atoms. The van der Waals surface area contributed by atoms with E-state index < -0.39 is 20.6 Å². The third-order valence-electron chi connectivity index (χ3n) is 7.45. The Hall–Kier alpha value is -4.81. The van der Waals surface area contributed by atoms with Crippen LogP contribution < -0.4 is 9.47 Å². The highest BCUT2D eigenvalue weighted by Crippen LogP contribution is 2.33. The van der Waals surface area contributed by atoms with E-state index in [1.54, 1.807) is 44.7 Å². The van der Waals surface area contributed by atoms with Crippen molar-refractivity contribution < 1.29 is 31.6 Å². The number of rotatable bonds is 8. The van der Waals surface area contributed by atoms with Gasteiger partial charge in [0.25, 0.3) is 0 Å². The van der Waals surface area contributed by atoms with Crippen LogP contribution in [0.4, 0.5) is 0 Å². The van der Waals surface area contributed by atoms with Gasteiger partial charge in [0.15, 0.2) is 15.0 Å². The molecule has 0 amide bonds. The number of hydrogen-bond acceptors (Lipinski definition) is 9. The smallest absolute Gasteiger partial charge is 0.339 e. The summed E-state index contributed by atoms with van der Waals surface area (Å²) < 4.78 is 51.5. The summed E-state index contributed by atoms with van der Waals surface area (Å²) in [6.07, 6.45) is 2.90. The van der Waals surface area contributed by atoms with Crippen LogP contribution in [0, 0.1) is 13.8 Å². The van der Waals surface area contributed by atoms with E-state index in [2.05, 4.69) is 15.0 Å². The van der Waals surface area contributed by atoms with Gasteiger partial charge in [-0.3, -0.25) is 9.19 Å². The van der Waals surface area contributed by atoms with Gasteiger partial charge in [-0.05, 0) is 49.2 Å². The average Bonchev–Trinajstić information content (AvgIpc) is 3.66. The molecule has 1 N–H and O–H groups in total. The number of aryl methyl sites for hydroxylation is 1. The normalized spacial score (nSPS) is 13.6. The van der Waals surface area contributed by atoms with Gasteiger partial charge in [-0.15, -0.1) is 0 Å². The highest BCUT2D eigenvalue weighted by atomic mass is 32.2. The lowest BCUT2D eigenvalue weighted by atomic mass is 9.97. The third-order valence-corrected chi connectivity index (χ3v) is 9.74. The molecule has 3 aromatic carbocycles. The maximum absolute atomic E-state index is 12.7. The Morgan fingerprint density at radius 1 is 0.957 bits per heavy atom. The summed E-state index contributed by atoms with van der Waals surface area (Å²) in [5.41, 5.74) is 7.06. The minimum atomic E-state index is -3.23. The number of imidazole rings is 1. The predicted octanol–water partition coefficient (Wildman–Crippen LogP) is 5.46. The molecular formula is C34H33N3O7S2. The summed E-state index contributed by atoms with van der Waals surface area (Å²) in [6, 6.07) is 21.3. The number of cyclic esters (lactones) is 1. The number of fused-ring (bicyclic) bond motifs is 1. The zero-order valence-corrected chi connectivity index (χ0v) is 27.6. The molecule has 1 aliphatic heterocycles. The molecule has 10 nitrogen and oxygen atoms in total. The van der Waals surface area contributed by atoms with E-state index in [0.29, 0.717) is 10.7 Å². The van der Waals surface area contributed by atoms with Gasteiger partial charge in [-0.1, -0.05) is 42.5 Å². The molecule has 0 fully saturated rings. The highest BCUT2D eigenvalue weighted by molar-refractivity contribution is 7.90. The zero-order valence-electron chi connectivity index (χ0n) is 26.0. The predicted molar refractivity (Wildman–Crippen MR) is 177 cm³/mol. The first-order chi connectivity index (χ1) is 22.0. The molecule has 0 aliphatic carbocycles. The van der Waals surface area contributed by atoms with Crippen LogP contribution in [0.25, 0.3) is 22.2 Å². The molecule has 12 heteroatoms. The Morgan fingerprint density at radius 2 is 1.67 bits per heavy atom. The van der Waals surface area contributed by atoms with Crippen LogP contribution in [-0.2, 0) is 35.9 Å². The van der Waals surface area contributed by atoms with E-state index in [1.807, 2.05) is 62.4 Å². The van der Waals surface area contributed by atoms with E-state index in [-0.39, 0.29) is 23.2 Å². The number of nitrogens with one attached hydrogen (secondary N) is 1. The molecule has 2 aromatic heterocycles. The van der Waals surface area contributed by atoms with Gasteiger partial charge < -0.3 is 19.2 Å². The summed E-state index contributed by atoms with van der Waals surface area (Å²) in [7, 11) is -1.33. The second-order valence-corrected chi connectivity index (χ2v) is 13.9. The number of methoxy groups -OCH3 is 2. The number of sulfone groups is 1. The lowest BCUT2D eigenvalue weighted by Gasteiger charge is -2.11. The van der Waals surface area contributed by atoms with Crippen LogP contribution in [0.15, 0.2) is 89.0 Å². The number of H-pyrrole nitrogens is 1. The lowest BCUT2D eigenvalue weighted by Crippen LogP contribution is -2.05. The number of aromatic amines is 1. The Kier molecular flexibility index (Phi) is 9.68. The number of pyridine rings is 1. The highest BCUT2D eigenvalue weighted by Gasteiger charge is 2.27. The molecule has 5 aromatic rings. The molecule has 0 saturated carbocycles. The van der Waals surface area contributed by atoms with E-state index in [0.717, 1.165) is 56.1 Å². The van der Waals surface area contributed by atoms with Crippen LogP contribution >= 0.6 is 0 Å². The summed E-state index contributed by atoms with van der Waals surface area (Å²) in [6.45, 7) is 4.06. The van der Waals surface area contributed by atoms with E-state index in [9.17, 15) is 17.4 Å². The lowest BCUT2D eigenvalue weighted by molar-refractivity contribution is -0.133. The van der Waals surface area contributed by atoms with Crippen molar-refractivity contribution in [2.75, 3.05) is 27.1 Å². The molecule has 0 bridgehead atoms. The average molecular weight is 660 g/mol. The number of hydrogen-bond donors (Lipinski definition) is 1. The summed E-state index contributed by atoms with van der Waals surface area (Å²) in [5, 5.41) is 0.430. The summed E-state index contributed by atoms with van der Waals surface area (Å²) in [5.74, 6) is 1.43. The van der Waals surface area contributed by atoms with Crippen molar-refractivity contribution in [3.8, 4) is 11.5 Å². The number of nitrogens with zero attached hydrogens (tertiary/aromatic N) is 2. The molecule has 1 aliphatic rings. The second kappa shape index (κ2) is 13.7. The quantitative estimate of drug-likeness (QED) is 0.215. The van der Waals surface area contributed by atoms with Crippen molar-refractivity contribution in [1.82, 2.24) is 15.0 Å². The van der Waals surface area contributed by atoms with Crippen LogP contribution in [0.5, 0.6) is 11.5 Å². The maximum Gasteiger partial charge on any atom is 0.339 e. The van der Waals surface area contributed by atoms with Crippen LogP contribution in [0.2, 0.25) is 0 Å². The minimum Gasteiger partial charge on any atom is -0.497 e. The Labute approximate surface area is 269 Å². The maximum atomic E-state index is 12.7. The standard InChI is InChI=1S/C17H19N3O3S.C17H14O4S/c1-10-8-18-15(11(2)16(10)23-4)9-24(21)17-19-13-6-5-12(22-3)7-14(13)20-17;1-22(19,20)14-9-7-12(8-10-14)15-11-21-17(18)16(15)13-5-3-2-4-6-13/h5-8H,9H2,1-4H3,(H,19,20);2-10H,11H2,1H3. The molecule has 3 heterocycles. The molecule has 6 rings (SSSR count). The largest absolute Gasteiger partial charge is 0.497 e. The number of carbonyl (C=O) groups is 1. The van der Waals surface area contributed by atoms with Gasteiger partial charge in [0, 0.05) is 35.2 Å². The molecule has 0 saturated heterocycles. The van der Waals surface area contributed by atoms with Crippen molar-refractivity contribution in [1.29, 1.82) is 0 Å². The van der Waals surface area contributed by atoms with E-state index in [1.165, 1.54) is 6.26 Å². The van der Waals surface area contributed by atoms with E-state index >= 15 is 0 Å². The van der Waals surface area contributed by atoms with Gasteiger partial charge in [0.05, 0.1) is 58.0 Å². The number of carbonyl (C=O) groups excluding carboxylic acids is 1. The van der Waals surface area contributed by atoms with Crippen molar-refractivity contribution in [3.63, 3.8) is 0 Å². The van der Waals surface area contributed by atoms with Gasteiger partial charge >= 0.3 is 5.97 Å². The minimum absolute atomic E-state index is 0.196. The zero-order chi connectivity index (χ0) is 33.0. The van der Waals surface area contributed by atoms with Crippen LogP contribution in [0.1, 0.15) is 27.9 Å². The molecule has 1 atom stereocenters. The summed E-state index contributed by atoms with van der Waals surface area (Å²) in [4.78, 5) is 24.2. The number of benzene rings is 3. The first kappa shape index (κ1) is 32.6. The topological polar surface area (TPSA) is 138 Å². The molecular weight excluding hydrogens is 627 g/mol. The molecule has 46 heavy (non-hydrogen) atoms. The van der Waals surface area contributed by atoms with Crippen molar-refractivity contribution in [3.05, 3.63) is 107 Å². The molecule has 0 radical (unpaired) electrons. The Morgan fingerprint density at radius 3 is 2.33 bits per heavy atom. The van der Waals surface area contributed by atoms with Crippen molar-refractivity contribution in [2.24, 2.45) is 0 Å². The van der Waals surface area contributed by atoms with Gasteiger partial charge in [-0.2, -0.15) is 0 Å². The van der Waals surface area contributed by atoms with Gasteiger partial charge in [-0.25, -0.2) is 18.2 Å². The van der Waals surface area contributed by atoms with Crippen LogP contribution in [0.3, 0.4) is 0 Å². The molecule has 238 valence electrons. The fraction of sp³-hybridized carbons (Fsp3) is 0.206. The second-order valence-electron chi connectivity index (χ2n) is 10.6. The van der Waals surface area contributed by atoms with Gasteiger partial charge in [0.2, 0.25) is 0 Å². The SMILES string of the molecule is COc1ccc2nc(S(=O)Cc3ncc(C)c(OC)c3C)[nH]c2c1.CS(=O)(=O)c1ccc(C2=C(c3ccccc3)C(=O)OC2)cc1. The monoisotopic (exact) mass is 659 g/mol. The number of esters is 1. The number of ether oxygens (including phenoxy) is 3. The van der Waals surface area contributed by atoms with Gasteiger partial charge in [0.1, 0.15) is 18.1 Å². The van der Waals surface area contributed by atoms with E-state index in [4.69, 9.17) is 14.2 Å². The molecule has 1 unspecified atom stereocenters. The number of aromatic nitrogens is 3. The van der Waals surface area contributed by atoms with Crippen molar-refractivity contribution in [2.45, 2.75) is 29.7 Å². The third kappa shape index (κ3) is 7.03. The fourth-order valence-corrected chi connectivity index (χ4v) is 6.77. The fourth-order valence-electron chi connectivity index (χ4n) is 5.04. The van der Waals surface area contributed by atoms with Crippen LogP contribution in [-0.4, -0.2) is 60.6 Å². The van der Waals surface area contributed by atoms with Crippen molar-refractivity contribution >= 4 is 48.8 Å². The first-order valence-corrected chi connectivity index (χ1v) is 17.4. The Bertz CT molecular complexity index is 2070. The first-order valence-electron chi connectivity index (χ1n) is 14.2. The summed E-state index contributed by atoms with van der Waals surface area (Å²) >= 11 is 0.